The van der Waals surface area contributed by atoms with Gasteiger partial charge in [-0.05, 0) is 31.4 Å². The van der Waals surface area contributed by atoms with Gasteiger partial charge in [0.15, 0.2) is 0 Å². The second-order valence-corrected chi connectivity index (χ2v) is 3.15. The van der Waals surface area contributed by atoms with Gasteiger partial charge in [-0.3, -0.25) is 0 Å². The highest BCUT2D eigenvalue weighted by atomic mass is 16.1. The molecule has 2 nitrogen and oxygen atoms in total. The number of benzene rings is 1. The normalized spacial score (nSPS) is 9.46. The third-order valence-corrected chi connectivity index (χ3v) is 2.06. The number of rotatable bonds is 2. The third-order valence-electron chi connectivity index (χ3n) is 2.06. The number of aryl methyl sites for hydroxylation is 3. The Labute approximate surface area is 78.3 Å². The summed E-state index contributed by atoms with van der Waals surface area (Å²) >= 11 is 0. The molecule has 0 radical (unpaired) electrons. The minimum atomic E-state index is 0.781. The van der Waals surface area contributed by atoms with Crippen LogP contribution in [0.1, 0.15) is 23.6 Å². The first-order chi connectivity index (χ1) is 6.19. The quantitative estimate of drug-likeness (QED) is 0.502. The summed E-state index contributed by atoms with van der Waals surface area (Å²) in [6.45, 7) is 6.06. The molecule has 0 fully saturated rings. The van der Waals surface area contributed by atoms with Gasteiger partial charge in [-0.1, -0.05) is 24.6 Å². The lowest BCUT2D eigenvalue weighted by molar-refractivity contribution is 0.565. The van der Waals surface area contributed by atoms with Crippen LogP contribution in [0.3, 0.4) is 0 Å². The van der Waals surface area contributed by atoms with E-state index < -0.39 is 0 Å². The fourth-order valence-corrected chi connectivity index (χ4v) is 1.52. The zero-order valence-corrected chi connectivity index (χ0v) is 8.22. The van der Waals surface area contributed by atoms with Crippen LogP contribution in [0, 0.1) is 13.8 Å². The van der Waals surface area contributed by atoms with Crippen LogP contribution >= 0.6 is 0 Å². The Morgan fingerprint density at radius 1 is 1.38 bits per heavy atom. The van der Waals surface area contributed by atoms with Crippen LogP contribution in [0.5, 0.6) is 0 Å². The van der Waals surface area contributed by atoms with Crippen LogP contribution in [0.15, 0.2) is 17.1 Å². The highest BCUT2D eigenvalue weighted by molar-refractivity contribution is 5.59. The van der Waals surface area contributed by atoms with Gasteiger partial charge in [0.2, 0.25) is 6.08 Å². The average molecular weight is 175 g/mol. The predicted octanol–water partition coefficient (Wildman–Crippen LogP) is 2.83. The summed E-state index contributed by atoms with van der Waals surface area (Å²) in [5.41, 5.74) is 4.14. The van der Waals surface area contributed by atoms with Crippen molar-refractivity contribution < 1.29 is 4.79 Å². The average Bonchev–Trinajstić information content (AvgIpc) is 2.09. The van der Waals surface area contributed by atoms with E-state index in [2.05, 4.69) is 18.0 Å². The number of aliphatic imine (C=N–C) groups is 1. The summed E-state index contributed by atoms with van der Waals surface area (Å²) in [6, 6.07) is 4.08. The molecule has 0 atom stereocenters. The van der Waals surface area contributed by atoms with Crippen LogP contribution in [-0.4, -0.2) is 6.08 Å². The standard InChI is InChI=1S/C11H13NO/c1-4-10-6-8(2)5-9(3)11(10)12-7-13/h5-6H,4H2,1-3H3. The van der Waals surface area contributed by atoms with Gasteiger partial charge in [0.05, 0.1) is 5.69 Å². The van der Waals surface area contributed by atoms with E-state index in [-0.39, 0.29) is 0 Å². The van der Waals surface area contributed by atoms with Crippen molar-refractivity contribution in [2.24, 2.45) is 4.99 Å². The van der Waals surface area contributed by atoms with E-state index in [4.69, 9.17) is 0 Å². The zero-order valence-electron chi connectivity index (χ0n) is 8.22. The Morgan fingerprint density at radius 3 is 2.62 bits per heavy atom. The molecule has 1 rings (SSSR count). The minimum absolute atomic E-state index is 0.781. The molecule has 0 amide bonds. The maximum atomic E-state index is 10.2. The third kappa shape index (κ3) is 2.04. The van der Waals surface area contributed by atoms with Gasteiger partial charge in [-0.2, -0.15) is 4.99 Å². The van der Waals surface area contributed by atoms with Gasteiger partial charge in [0.1, 0.15) is 0 Å². The van der Waals surface area contributed by atoms with Crippen molar-refractivity contribution in [1.29, 1.82) is 0 Å². The van der Waals surface area contributed by atoms with Crippen molar-refractivity contribution in [3.05, 3.63) is 28.8 Å². The van der Waals surface area contributed by atoms with Crippen molar-refractivity contribution in [1.82, 2.24) is 0 Å². The van der Waals surface area contributed by atoms with Gasteiger partial charge in [0, 0.05) is 0 Å². The molecule has 2 heteroatoms. The molecule has 0 aliphatic heterocycles. The zero-order chi connectivity index (χ0) is 9.84. The highest BCUT2D eigenvalue weighted by Gasteiger charge is 2.03. The predicted molar refractivity (Wildman–Crippen MR) is 53.1 cm³/mol. The highest BCUT2D eigenvalue weighted by Crippen LogP contribution is 2.25. The second-order valence-electron chi connectivity index (χ2n) is 3.15. The lowest BCUT2D eigenvalue weighted by Gasteiger charge is -2.06. The molecular formula is C11H13NO. The molecule has 0 unspecified atom stereocenters. The molecule has 0 saturated heterocycles. The van der Waals surface area contributed by atoms with Gasteiger partial charge in [0.25, 0.3) is 0 Å². The Bertz CT molecular complexity index is 363. The van der Waals surface area contributed by atoms with Crippen molar-refractivity contribution in [2.75, 3.05) is 0 Å². The van der Waals surface area contributed by atoms with Crippen LogP contribution in [-0.2, 0) is 11.2 Å². The van der Waals surface area contributed by atoms with Crippen LogP contribution in [0.25, 0.3) is 0 Å². The van der Waals surface area contributed by atoms with Gasteiger partial charge in [-0.15, -0.1) is 0 Å². The Hall–Kier alpha value is -1.40. The number of hydrogen-bond acceptors (Lipinski definition) is 2. The van der Waals surface area contributed by atoms with Crippen molar-refractivity contribution in [2.45, 2.75) is 27.2 Å². The van der Waals surface area contributed by atoms with E-state index >= 15 is 0 Å². The smallest absolute Gasteiger partial charge is 0.211 e. The lowest BCUT2D eigenvalue weighted by atomic mass is 10.0. The molecule has 1 aromatic rings. The van der Waals surface area contributed by atoms with Crippen molar-refractivity contribution >= 4 is 11.8 Å². The number of isocyanates is 1. The summed E-state index contributed by atoms with van der Waals surface area (Å²) in [5, 5.41) is 0. The summed E-state index contributed by atoms with van der Waals surface area (Å²) in [5.74, 6) is 0. The molecule has 0 spiro atoms. The van der Waals surface area contributed by atoms with Crippen LogP contribution < -0.4 is 0 Å². The first-order valence-corrected chi connectivity index (χ1v) is 4.37. The van der Waals surface area contributed by atoms with E-state index in [0.717, 1.165) is 23.2 Å². The topological polar surface area (TPSA) is 29.4 Å². The van der Waals surface area contributed by atoms with E-state index in [1.807, 2.05) is 19.9 Å². The molecule has 0 bridgehead atoms. The van der Waals surface area contributed by atoms with Crippen molar-refractivity contribution in [3.8, 4) is 0 Å². The molecule has 0 saturated carbocycles. The maximum Gasteiger partial charge on any atom is 0.240 e. The first kappa shape index (κ1) is 9.69. The fourth-order valence-electron chi connectivity index (χ4n) is 1.52. The molecule has 0 aromatic heterocycles. The molecule has 1 aromatic carbocycles. The minimum Gasteiger partial charge on any atom is -0.211 e. The summed E-state index contributed by atoms with van der Waals surface area (Å²) in [7, 11) is 0. The maximum absolute atomic E-state index is 10.2. The Kier molecular flexibility index (Phi) is 2.99. The molecule has 0 heterocycles. The Balaban J connectivity index is 3.37. The van der Waals surface area contributed by atoms with Crippen LogP contribution in [0.2, 0.25) is 0 Å². The second kappa shape index (κ2) is 4.01. The molecule has 0 aliphatic rings. The summed E-state index contributed by atoms with van der Waals surface area (Å²) in [4.78, 5) is 13.9. The van der Waals surface area contributed by atoms with E-state index in [0.29, 0.717) is 0 Å². The SMILES string of the molecule is CCc1cc(C)cc(C)c1N=C=O. The Morgan fingerprint density at radius 2 is 2.08 bits per heavy atom. The molecule has 68 valence electrons. The summed E-state index contributed by atoms with van der Waals surface area (Å²) < 4.78 is 0. The van der Waals surface area contributed by atoms with Gasteiger partial charge < -0.3 is 0 Å². The van der Waals surface area contributed by atoms with E-state index in [1.165, 1.54) is 5.56 Å². The number of nitrogens with zero attached hydrogens (tertiary/aromatic N) is 1. The number of hydrogen-bond donors (Lipinski definition) is 0. The van der Waals surface area contributed by atoms with Crippen LogP contribution in [0.4, 0.5) is 5.69 Å². The molecular weight excluding hydrogens is 162 g/mol. The fraction of sp³-hybridized carbons (Fsp3) is 0.364. The number of carbonyl (C=O) groups excluding carboxylic acids is 1. The molecule has 0 aliphatic carbocycles. The molecule has 13 heavy (non-hydrogen) atoms. The van der Waals surface area contributed by atoms with E-state index in [9.17, 15) is 4.79 Å². The van der Waals surface area contributed by atoms with E-state index in [1.54, 1.807) is 6.08 Å². The van der Waals surface area contributed by atoms with Gasteiger partial charge >= 0.3 is 0 Å². The first-order valence-electron chi connectivity index (χ1n) is 4.37. The monoisotopic (exact) mass is 175 g/mol. The van der Waals surface area contributed by atoms with Crippen molar-refractivity contribution in [3.63, 3.8) is 0 Å². The van der Waals surface area contributed by atoms with Gasteiger partial charge in [-0.25, -0.2) is 4.79 Å². The largest absolute Gasteiger partial charge is 0.240 e. The molecule has 0 N–H and O–H groups in total. The summed E-state index contributed by atoms with van der Waals surface area (Å²) in [6.07, 6.45) is 2.49. The lowest BCUT2D eigenvalue weighted by Crippen LogP contribution is -1.87.